The summed E-state index contributed by atoms with van der Waals surface area (Å²) in [5.74, 6) is 0.367. The maximum absolute atomic E-state index is 11.5. The van der Waals surface area contributed by atoms with Crippen molar-refractivity contribution in [3.63, 3.8) is 0 Å². The number of nitrogens with one attached hydrogen (secondary N) is 1. The van der Waals surface area contributed by atoms with Crippen LogP contribution in [0.25, 0.3) is 0 Å². The van der Waals surface area contributed by atoms with E-state index in [1.807, 2.05) is 0 Å². The molecule has 1 aromatic heterocycles. The van der Waals surface area contributed by atoms with E-state index >= 15 is 0 Å². The van der Waals surface area contributed by atoms with Crippen LogP contribution in [0.1, 0.15) is 17.3 Å². The Morgan fingerprint density at radius 1 is 1.56 bits per heavy atom. The molecule has 8 heteroatoms. The van der Waals surface area contributed by atoms with Gasteiger partial charge in [-0.05, 0) is 25.5 Å². The van der Waals surface area contributed by atoms with Crippen molar-refractivity contribution in [2.24, 2.45) is 5.92 Å². The van der Waals surface area contributed by atoms with Crippen LogP contribution in [0.15, 0.2) is 12.1 Å². The van der Waals surface area contributed by atoms with E-state index in [1.54, 1.807) is 13.1 Å². The molecule has 0 saturated carbocycles. The third-order valence-electron chi connectivity index (χ3n) is 3.15. The van der Waals surface area contributed by atoms with Crippen molar-refractivity contribution in [3.05, 3.63) is 27.1 Å². The fraction of sp³-hybridized carbons (Fsp3) is 0.600. The third kappa shape index (κ3) is 2.70. The molecule has 0 amide bonds. The van der Waals surface area contributed by atoms with Crippen LogP contribution in [0, 0.1) is 16.0 Å². The Labute approximate surface area is 109 Å². The van der Waals surface area contributed by atoms with Crippen LogP contribution in [-0.2, 0) is 9.84 Å². The molecule has 0 aliphatic carbocycles. The van der Waals surface area contributed by atoms with E-state index in [9.17, 15) is 18.5 Å². The highest BCUT2D eigenvalue weighted by Crippen LogP contribution is 2.36. The van der Waals surface area contributed by atoms with Gasteiger partial charge >= 0.3 is 5.00 Å². The predicted octanol–water partition coefficient (Wildman–Crippen LogP) is 1.35. The lowest BCUT2D eigenvalue weighted by Gasteiger charge is -2.20. The number of sulfone groups is 1. The molecule has 2 atom stereocenters. The summed E-state index contributed by atoms with van der Waals surface area (Å²) in [7, 11) is -1.19. The minimum absolute atomic E-state index is 0.00162. The Morgan fingerprint density at radius 3 is 2.72 bits per heavy atom. The van der Waals surface area contributed by atoms with Gasteiger partial charge in [-0.2, -0.15) is 0 Å². The number of thiophene rings is 1. The van der Waals surface area contributed by atoms with Crippen molar-refractivity contribution in [2.75, 3.05) is 18.6 Å². The smallest absolute Gasteiger partial charge is 0.312 e. The van der Waals surface area contributed by atoms with E-state index in [0.29, 0.717) is 6.42 Å². The van der Waals surface area contributed by atoms with Crippen LogP contribution in [0.5, 0.6) is 0 Å². The van der Waals surface area contributed by atoms with E-state index in [-0.39, 0.29) is 28.5 Å². The van der Waals surface area contributed by atoms with Crippen LogP contribution < -0.4 is 5.32 Å². The van der Waals surface area contributed by atoms with Crippen molar-refractivity contribution in [2.45, 2.75) is 12.5 Å². The van der Waals surface area contributed by atoms with Gasteiger partial charge < -0.3 is 5.32 Å². The monoisotopic (exact) mass is 290 g/mol. The normalized spacial score (nSPS) is 23.9. The van der Waals surface area contributed by atoms with Gasteiger partial charge in [0.25, 0.3) is 0 Å². The molecule has 0 bridgehead atoms. The zero-order valence-corrected chi connectivity index (χ0v) is 11.5. The van der Waals surface area contributed by atoms with Crippen molar-refractivity contribution in [1.29, 1.82) is 0 Å². The zero-order valence-electron chi connectivity index (χ0n) is 9.83. The number of hydrogen-bond donors (Lipinski definition) is 1. The van der Waals surface area contributed by atoms with E-state index in [4.69, 9.17) is 0 Å². The molecule has 6 nitrogen and oxygen atoms in total. The first-order valence-corrected chi connectivity index (χ1v) is 8.18. The molecule has 0 spiro atoms. The van der Waals surface area contributed by atoms with Gasteiger partial charge in [0.15, 0.2) is 9.84 Å². The maximum Gasteiger partial charge on any atom is 0.324 e. The fourth-order valence-electron chi connectivity index (χ4n) is 2.30. The highest BCUT2D eigenvalue weighted by molar-refractivity contribution is 7.91. The third-order valence-corrected chi connectivity index (χ3v) is 6.06. The second-order valence-electron chi connectivity index (χ2n) is 4.36. The first kappa shape index (κ1) is 13.4. The first-order valence-electron chi connectivity index (χ1n) is 5.55. The molecule has 0 aromatic carbocycles. The van der Waals surface area contributed by atoms with Crippen molar-refractivity contribution in [1.82, 2.24) is 5.32 Å². The first-order chi connectivity index (χ1) is 8.43. The summed E-state index contributed by atoms with van der Waals surface area (Å²) < 4.78 is 22.9. The molecule has 2 unspecified atom stereocenters. The Balaban J connectivity index is 2.20. The lowest BCUT2D eigenvalue weighted by molar-refractivity contribution is -0.380. The topological polar surface area (TPSA) is 89.3 Å². The van der Waals surface area contributed by atoms with Crippen LogP contribution in [-0.4, -0.2) is 31.9 Å². The van der Waals surface area contributed by atoms with Gasteiger partial charge in [-0.15, -0.1) is 0 Å². The fourth-order valence-corrected chi connectivity index (χ4v) is 5.17. The molecule has 0 radical (unpaired) electrons. The van der Waals surface area contributed by atoms with Gasteiger partial charge in [0, 0.05) is 17.0 Å². The molecule has 2 heterocycles. The van der Waals surface area contributed by atoms with Gasteiger partial charge in [-0.3, -0.25) is 10.1 Å². The molecule has 2 rings (SSSR count). The Bertz CT molecular complexity index is 552. The molecule has 100 valence electrons. The average molecular weight is 290 g/mol. The van der Waals surface area contributed by atoms with E-state index in [0.717, 1.165) is 16.2 Å². The SMILES string of the molecule is CNC(c1ccc([N+](=O)[O-])s1)C1CCS(=O)(=O)C1. The summed E-state index contributed by atoms with van der Waals surface area (Å²) in [4.78, 5) is 11.1. The van der Waals surface area contributed by atoms with E-state index in [2.05, 4.69) is 5.32 Å². The molecule has 1 aliphatic rings. The van der Waals surface area contributed by atoms with Crippen LogP contribution >= 0.6 is 11.3 Å². The lowest BCUT2D eigenvalue weighted by Crippen LogP contribution is -2.25. The lowest BCUT2D eigenvalue weighted by atomic mass is 9.98. The van der Waals surface area contributed by atoms with Crippen molar-refractivity contribution >= 4 is 26.2 Å². The molecule has 1 aliphatic heterocycles. The maximum atomic E-state index is 11.5. The predicted molar refractivity (Wildman–Crippen MR) is 69.5 cm³/mol. The van der Waals surface area contributed by atoms with Gasteiger partial charge in [0.05, 0.1) is 16.4 Å². The molecular weight excluding hydrogens is 276 g/mol. The molecule has 18 heavy (non-hydrogen) atoms. The van der Waals surface area contributed by atoms with Crippen LogP contribution in [0.2, 0.25) is 0 Å². The number of hydrogen-bond acceptors (Lipinski definition) is 6. The zero-order chi connectivity index (χ0) is 13.3. The van der Waals surface area contributed by atoms with E-state index < -0.39 is 14.8 Å². The highest BCUT2D eigenvalue weighted by atomic mass is 32.2. The molecule has 1 aromatic rings. The van der Waals surface area contributed by atoms with Crippen LogP contribution in [0.4, 0.5) is 5.00 Å². The molecule has 1 fully saturated rings. The van der Waals surface area contributed by atoms with Gasteiger partial charge in [0.2, 0.25) is 0 Å². The summed E-state index contributed by atoms with van der Waals surface area (Å²) in [6.07, 6.45) is 0.611. The highest BCUT2D eigenvalue weighted by Gasteiger charge is 2.34. The summed E-state index contributed by atoms with van der Waals surface area (Å²) in [6.45, 7) is 0. The summed E-state index contributed by atoms with van der Waals surface area (Å²) in [5, 5.41) is 13.8. The Hall–Kier alpha value is -0.990. The summed E-state index contributed by atoms with van der Waals surface area (Å²) in [5.41, 5.74) is 0. The number of nitrogens with zero attached hydrogens (tertiary/aromatic N) is 1. The quantitative estimate of drug-likeness (QED) is 0.668. The second-order valence-corrected chi connectivity index (χ2v) is 7.69. The minimum atomic E-state index is -2.94. The summed E-state index contributed by atoms with van der Waals surface area (Å²) >= 11 is 1.10. The molecule has 1 N–H and O–H groups in total. The van der Waals surface area contributed by atoms with Gasteiger partial charge in [0.1, 0.15) is 0 Å². The van der Waals surface area contributed by atoms with Gasteiger partial charge in [-0.1, -0.05) is 11.3 Å². The minimum Gasteiger partial charge on any atom is -0.312 e. The number of rotatable bonds is 4. The second kappa shape index (κ2) is 4.94. The van der Waals surface area contributed by atoms with Crippen molar-refractivity contribution < 1.29 is 13.3 Å². The standard InChI is InChI=1S/C10H14N2O4S2/c1-11-10(7-4-5-18(15,16)6-7)8-2-3-9(17-8)12(13)14/h2-3,7,10-11H,4-6H2,1H3. The van der Waals surface area contributed by atoms with Crippen molar-refractivity contribution in [3.8, 4) is 0 Å². The Morgan fingerprint density at radius 2 is 2.28 bits per heavy atom. The summed E-state index contributed by atoms with van der Waals surface area (Å²) in [6, 6.07) is 3.05. The van der Waals surface area contributed by atoms with Gasteiger partial charge in [-0.25, -0.2) is 8.42 Å². The molecule has 1 saturated heterocycles. The number of nitro groups is 1. The van der Waals surface area contributed by atoms with Crippen LogP contribution in [0.3, 0.4) is 0 Å². The molecular formula is C10H14N2O4S2. The largest absolute Gasteiger partial charge is 0.324 e. The Kier molecular flexibility index (Phi) is 3.69. The van der Waals surface area contributed by atoms with E-state index in [1.165, 1.54) is 6.07 Å². The average Bonchev–Trinajstić information content (AvgIpc) is 2.87.